The first-order valence-electron chi connectivity index (χ1n) is 12.0. The predicted octanol–water partition coefficient (Wildman–Crippen LogP) is 7.04. The van der Waals surface area contributed by atoms with Crippen molar-refractivity contribution in [2.45, 2.75) is 59.0 Å². The fraction of sp³-hybridized carbons (Fsp3) is 0.379. The van der Waals surface area contributed by atoms with Gasteiger partial charge in [-0.2, -0.15) is 0 Å². The number of rotatable bonds is 11. The number of aryl methyl sites for hydroxylation is 1. The molecule has 5 heteroatoms. The molecule has 3 aromatic rings. The van der Waals surface area contributed by atoms with Crippen LogP contribution in [0.15, 0.2) is 65.7 Å². The van der Waals surface area contributed by atoms with Crippen LogP contribution in [0.25, 0.3) is 10.8 Å². The molecular weight excluding hydrogens is 424 g/mol. The average molecular weight is 461 g/mol. The van der Waals surface area contributed by atoms with E-state index in [-0.39, 0.29) is 0 Å². The van der Waals surface area contributed by atoms with Gasteiger partial charge < -0.3 is 14.7 Å². The Bertz CT molecular complexity index is 1150. The maximum atomic E-state index is 11.2. The molecule has 0 aromatic heterocycles. The zero-order valence-electron chi connectivity index (χ0n) is 21.0. The molecule has 180 valence electrons. The lowest BCUT2D eigenvalue weighted by Crippen LogP contribution is -2.37. The van der Waals surface area contributed by atoms with Crippen LogP contribution in [0.4, 0.5) is 11.4 Å². The van der Waals surface area contributed by atoms with Gasteiger partial charge in [0, 0.05) is 19.3 Å². The van der Waals surface area contributed by atoms with Crippen LogP contribution in [0.2, 0.25) is 0 Å². The molecule has 0 bridgehead atoms. The van der Waals surface area contributed by atoms with Crippen LogP contribution in [0, 0.1) is 0 Å². The number of benzene rings is 3. The van der Waals surface area contributed by atoms with E-state index in [9.17, 15) is 9.90 Å². The number of nitrogens with zero attached hydrogens (tertiary/aromatic N) is 2. The summed E-state index contributed by atoms with van der Waals surface area (Å²) in [7, 11) is 2.13. The molecule has 34 heavy (non-hydrogen) atoms. The van der Waals surface area contributed by atoms with Gasteiger partial charge in [0.05, 0.1) is 11.4 Å². The molecule has 5 nitrogen and oxygen atoms in total. The Labute approximate surface area is 203 Å². The number of hydrogen-bond acceptors (Lipinski definition) is 4. The molecule has 0 aliphatic heterocycles. The minimum atomic E-state index is -1.25. The van der Waals surface area contributed by atoms with Gasteiger partial charge in [0.15, 0.2) is 5.60 Å². The first-order chi connectivity index (χ1) is 16.2. The van der Waals surface area contributed by atoms with Crippen molar-refractivity contribution >= 4 is 33.8 Å². The molecule has 0 atom stereocenters. The Hall–Kier alpha value is -3.34. The van der Waals surface area contributed by atoms with Gasteiger partial charge >= 0.3 is 5.97 Å². The lowest BCUT2D eigenvalue weighted by Gasteiger charge is -2.21. The minimum Gasteiger partial charge on any atom is -0.478 e. The van der Waals surface area contributed by atoms with E-state index in [1.54, 1.807) is 13.8 Å². The summed E-state index contributed by atoms with van der Waals surface area (Å²) in [5.41, 5.74) is 3.25. The van der Waals surface area contributed by atoms with Crippen molar-refractivity contribution in [1.29, 1.82) is 0 Å². The Balaban J connectivity index is 1.66. The lowest BCUT2D eigenvalue weighted by molar-refractivity contribution is -0.152. The third-order valence-corrected chi connectivity index (χ3v) is 5.94. The van der Waals surface area contributed by atoms with E-state index in [2.05, 4.69) is 62.2 Å². The molecule has 0 aliphatic carbocycles. The first kappa shape index (κ1) is 25.3. The van der Waals surface area contributed by atoms with Crippen molar-refractivity contribution in [3.8, 4) is 5.75 Å². The zero-order chi connectivity index (χ0) is 24.7. The summed E-state index contributed by atoms with van der Waals surface area (Å²) < 4.78 is 5.58. The van der Waals surface area contributed by atoms with Gasteiger partial charge in [0.2, 0.25) is 0 Å². The minimum absolute atomic E-state index is 0.564. The van der Waals surface area contributed by atoms with E-state index in [0.717, 1.165) is 43.6 Å². The van der Waals surface area contributed by atoms with Crippen molar-refractivity contribution in [3.63, 3.8) is 0 Å². The van der Waals surface area contributed by atoms with E-state index in [1.165, 1.54) is 22.0 Å². The van der Waals surface area contributed by atoms with Crippen molar-refractivity contribution in [2.75, 3.05) is 18.5 Å². The van der Waals surface area contributed by atoms with E-state index in [4.69, 9.17) is 9.73 Å². The number of aliphatic carboxylic acids is 1. The van der Waals surface area contributed by atoms with E-state index < -0.39 is 11.6 Å². The Morgan fingerprint density at radius 2 is 1.71 bits per heavy atom. The van der Waals surface area contributed by atoms with Crippen LogP contribution < -0.4 is 9.64 Å². The number of ether oxygens (including phenoxy) is 1. The molecule has 1 N–H and O–H groups in total. The predicted molar refractivity (Wildman–Crippen MR) is 142 cm³/mol. The third kappa shape index (κ3) is 6.60. The van der Waals surface area contributed by atoms with Crippen molar-refractivity contribution in [1.82, 2.24) is 0 Å². The molecule has 0 spiro atoms. The van der Waals surface area contributed by atoms with Crippen molar-refractivity contribution in [2.24, 2.45) is 4.99 Å². The Morgan fingerprint density at radius 1 is 1.06 bits per heavy atom. The summed E-state index contributed by atoms with van der Waals surface area (Å²) in [6, 6.07) is 20.5. The molecule has 0 saturated carbocycles. The molecule has 3 rings (SSSR count). The number of anilines is 1. The Kier molecular flexibility index (Phi) is 8.32. The maximum absolute atomic E-state index is 11.2. The normalized spacial score (nSPS) is 12.1. The highest BCUT2D eigenvalue weighted by molar-refractivity contribution is 5.94. The standard InChI is InChI=1S/C29H36N2O3/c1-6-18-31(5)27-20-24-13-8-7-12-23(24)19-26(27)30-21(2)10-9-11-22-14-16-25(17-15-22)34-29(3,4)28(32)33/h7-8,12-17,19-20H,6,9-11,18H2,1-5H3,(H,32,33). The lowest BCUT2D eigenvalue weighted by atomic mass is 10.1. The van der Waals surface area contributed by atoms with Gasteiger partial charge in [-0.05, 0) is 87.1 Å². The van der Waals surface area contributed by atoms with Crippen LogP contribution in [0.3, 0.4) is 0 Å². The second-order valence-corrected chi connectivity index (χ2v) is 9.37. The van der Waals surface area contributed by atoms with Gasteiger partial charge in [0.25, 0.3) is 0 Å². The van der Waals surface area contributed by atoms with Crippen LogP contribution in [-0.2, 0) is 11.2 Å². The summed E-state index contributed by atoms with van der Waals surface area (Å²) >= 11 is 0. The average Bonchev–Trinajstić information content (AvgIpc) is 2.79. The molecule has 0 heterocycles. The third-order valence-electron chi connectivity index (χ3n) is 5.94. The fourth-order valence-corrected chi connectivity index (χ4v) is 3.94. The molecule has 0 saturated heterocycles. The number of carboxylic acids is 1. The number of aliphatic imine (C=N–C) groups is 1. The summed E-state index contributed by atoms with van der Waals surface area (Å²) in [4.78, 5) is 18.5. The van der Waals surface area contributed by atoms with E-state index >= 15 is 0 Å². The topological polar surface area (TPSA) is 62.1 Å². The van der Waals surface area contributed by atoms with Gasteiger partial charge in [-0.15, -0.1) is 0 Å². The van der Waals surface area contributed by atoms with E-state index in [1.807, 2.05) is 24.3 Å². The monoisotopic (exact) mass is 460 g/mol. The van der Waals surface area contributed by atoms with Crippen molar-refractivity contribution < 1.29 is 14.6 Å². The van der Waals surface area contributed by atoms with Gasteiger partial charge in [-0.25, -0.2) is 4.79 Å². The fourth-order valence-electron chi connectivity index (χ4n) is 3.94. The molecule has 0 aliphatic rings. The number of hydrogen-bond donors (Lipinski definition) is 1. The highest BCUT2D eigenvalue weighted by Crippen LogP contribution is 2.33. The number of fused-ring (bicyclic) bond motifs is 1. The molecular formula is C29H36N2O3. The van der Waals surface area contributed by atoms with Gasteiger partial charge in [-0.1, -0.05) is 43.3 Å². The summed E-state index contributed by atoms with van der Waals surface area (Å²) in [5, 5.41) is 11.7. The van der Waals surface area contributed by atoms with Gasteiger partial charge in [-0.3, -0.25) is 4.99 Å². The summed E-state index contributed by atoms with van der Waals surface area (Å²) in [5.74, 6) is -0.421. The van der Waals surface area contributed by atoms with Gasteiger partial charge in [0.1, 0.15) is 5.75 Å². The first-order valence-corrected chi connectivity index (χ1v) is 12.0. The Morgan fingerprint density at radius 3 is 2.32 bits per heavy atom. The second-order valence-electron chi connectivity index (χ2n) is 9.37. The second kappa shape index (κ2) is 11.2. The SMILES string of the molecule is CCCN(C)c1cc2ccccc2cc1N=C(C)CCCc1ccc(OC(C)(C)C(=O)O)cc1. The number of carboxylic acid groups (broad SMARTS) is 1. The zero-order valence-corrected chi connectivity index (χ0v) is 21.0. The highest BCUT2D eigenvalue weighted by atomic mass is 16.5. The number of carbonyl (C=O) groups is 1. The highest BCUT2D eigenvalue weighted by Gasteiger charge is 2.29. The summed E-state index contributed by atoms with van der Waals surface area (Å²) in [6.45, 7) is 8.38. The molecule has 0 radical (unpaired) electrons. The molecule has 0 fully saturated rings. The van der Waals surface area contributed by atoms with Crippen molar-refractivity contribution in [3.05, 3.63) is 66.2 Å². The smallest absolute Gasteiger partial charge is 0.347 e. The van der Waals surface area contributed by atoms with Crippen LogP contribution >= 0.6 is 0 Å². The van der Waals surface area contributed by atoms with Crippen LogP contribution in [0.5, 0.6) is 5.75 Å². The quantitative estimate of drug-likeness (QED) is 0.312. The molecule has 0 unspecified atom stereocenters. The van der Waals surface area contributed by atoms with Crippen LogP contribution in [0.1, 0.15) is 52.5 Å². The van der Waals surface area contributed by atoms with E-state index in [0.29, 0.717) is 5.75 Å². The molecule has 3 aromatic carbocycles. The van der Waals surface area contributed by atoms with Crippen LogP contribution in [-0.4, -0.2) is 36.0 Å². The molecule has 0 amide bonds. The summed E-state index contributed by atoms with van der Waals surface area (Å²) in [6.07, 6.45) is 3.91. The maximum Gasteiger partial charge on any atom is 0.347 e. The largest absolute Gasteiger partial charge is 0.478 e.